The van der Waals surface area contributed by atoms with Gasteiger partial charge < -0.3 is 15.5 Å². The number of rotatable bonds is 1. The summed E-state index contributed by atoms with van der Waals surface area (Å²) in [5.41, 5.74) is 4.87. The zero-order valence-electron chi connectivity index (χ0n) is 9.39. The molecule has 5 nitrogen and oxygen atoms in total. The van der Waals surface area contributed by atoms with E-state index in [-0.39, 0.29) is 24.0 Å². The molecule has 2 aromatic rings. The minimum atomic E-state index is -4.37. The van der Waals surface area contributed by atoms with E-state index in [2.05, 4.69) is 11.1 Å². The lowest BCUT2D eigenvalue weighted by molar-refractivity contribution is -0.137. The second-order valence-corrected chi connectivity index (χ2v) is 3.19. The molecule has 0 fully saturated rings. The first kappa shape index (κ1) is 17.2. The first-order chi connectivity index (χ1) is 8.47. The molecule has 0 unspecified atom stereocenters. The predicted octanol–water partition coefficient (Wildman–Crippen LogP) is 2.70. The largest absolute Gasteiger partial charge is 0.416 e. The Morgan fingerprint density at radius 3 is 2.26 bits per heavy atom. The molecule has 0 aliphatic rings. The number of halogens is 4. The molecule has 0 saturated carbocycles. The summed E-state index contributed by atoms with van der Waals surface area (Å²) in [6.45, 7) is 0. The Kier molecular flexibility index (Phi) is 6.33. The van der Waals surface area contributed by atoms with Crippen molar-refractivity contribution in [1.29, 1.82) is 0 Å². The molecule has 0 radical (unpaired) electrons. The molecule has 9 heteroatoms. The van der Waals surface area contributed by atoms with Crippen molar-refractivity contribution in [2.75, 3.05) is 5.73 Å². The fraction of sp³-hybridized carbons (Fsp3) is 0.100. The summed E-state index contributed by atoms with van der Waals surface area (Å²) in [7, 11) is 0. The van der Waals surface area contributed by atoms with Crippen molar-refractivity contribution in [3.63, 3.8) is 0 Å². The maximum atomic E-state index is 12.4. The van der Waals surface area contributed by atoms with E-state index >= 15 is 0 Å². The van der Waals surface area contributed by atoms with E-state index in [0.717, 1.165) is 12.1 Å². The normalized spacial score (nSPS) is 10.2. The van der Waals surface area contributed by atoms with E-state index in [9.17, 15) is 13.2 Å². The van der Waals surface area contributed by atoms with E-state index < -0.39 is 11.7 Å². The first-order valence-electron chi connectivity index (χ1n) is 4.62. The summed E-state index contributed by atoms with van der Waals surface area (Å²) in [6.07, 6.45) is -4.37. The molecule has 1 heterocycles. The van der Waals surface area contributed by atoms with Crippen LogP contribution in [0, 0.1) is 0 Å². The van der Waals surface area contributed by atoms with Crippen LogP contribution in [0.5, 0.6) is 0 Å². The van der Waals surface area contributed by atoms with Gasteiger partial charge in [-0.2, -0.15) is 13.2 Å². The summed E-state index contributed by atoms with van der Waals surface area (Å²) in [4.78, 5) is 0. The predicted molar refractivity (Wildman–Crippen MR) is 64.6 cm³/mol. The fourth-order valence-electron chi connectivity index (χ4n) is 1.27. The molecule has 2 rings (SSSR count). The van der Waals surface area contributed by atoms with Crippen molar-refractivity contribution in [2.24, 2.45) is 5.90 Å². The molecule has 0 spiro atoms. The van der Waals surface area contributed by atoms with Crippen LogP contribution >= 0.6 is 12.4 Å². The van der Waals surface area contributed by atoms with E-state index in [1.54, 1.807) is 0 Å². The molecule has 1 aromatic carbocycles. The SMILES string of the molecule is Cl.NO.Nc1cc(-c2cccc(C(F)(F)F)c2)on1. The number of nitrogens with zero attached hydrogens (tertiary/aromatic N) is 1. The second kappa shape index (κ2) is 6.98. The van der Waals surface area contributed by atoms with Crippen LogP contribution in [0.4, 0.5) is 19.0 Å². The summed E-state index contributed by atoms with van der Waals surface area (Å²) >= 11 is 0. The third-order valence-electron chi connectivity index (χ3n) is 2.00. The van der Waals surface area contributed by atoms with Crippen molar-refractivity contribution < 1.29 is 22.9 Å². The standard InChI is InChI=1S/C10H7F3N2O.ClH.H3NO/c11-10(12,13)7-3-1-2-6(4-7)8-5-9(14)15-16-8;;1-2/h1-5H,(H2,14,15);1H;2H,1H2. The molecule has 0 atom stereocenters. The van der Waals surface area contributed by atoms with E-state index in [0.29, 0.717) is 5.56 Å². The number of anilines is 1. The van der Waals surface area contributed by atoms with Gasteiger partial charge in [0.2, 0.25) is 0 Å². The van der Waals surface area contributed by atoms with Gasteiger partial charge in [0.05, 0.1) is 5.56 Å². The lowest BCUT2D eigenvalue weighted by Crippen LogP contribution is -2.04. The highest BCUT2D eigenvalue weighted by molar-refractivity contribution is 5.85. The topological polar surface area (TPSA) is 98.3 Å². The van der Waals surface area contributed by atoms with Gasteiger partial charge >= 0.3 is 6.18 Å². The van der Waals surface area contributed by atoms with Crippen LogP contribution in [-0.2, 0) is 6.18 Å². The monoisotopic (exact) mass is 297 g/mol. The number of aromatic nitrogens is 1. The van der Waals surface area contributed by atoms with Crippen molar-refractivity contribution in [1.82, 2.24) is 5.16 Å². The average molecular weight is 298 g/mol. The lowest BCUT2D eigenvalue weighted by atomic mass is 10.1. The number of hydrogen-bond acceptors (Lipinski definition) is 5. The van der Waals surface area contributed by atoms with Crippen molar-refractivity contribution in [2.45, 2.75) is 6.18 Å². The summed E-state index contributed by atoms with van der Waals surface area (Å²) in [5, 5.41) is 9.91. The van der Waals surface area contributed by atoms with Gasteiger partial charge in [0.25, 0.3) is 0 Å². The molecule has 5 N–H and O–H groups in total. The third kappa shape index (κ3) is 4.43. The van der Waals surface area contributed by atoms with Crippen molar-refractivity contribution in [3.8, 4) is 11.3 Å². The fourth-order valence-corrected chi connectivity index (χ4v) is 1.27. The average Bonchev–Trinajstić information content (AvgIpc) is 2.78. The summed E-state index contributed by atoms with van der Waals surface area (Å²) < 4.78 is 42.0. The Labute approximate surface area is 112 Å². The molecule has 0 bridgehead atoms. The van der Waals surface area contributed by atoms with Gasteiger partial charge in [-0.15, -0.1) is 12.4 Å². The number of benzene rings is 1. The van der Waals surface area contributed by atoms with Crippen molar-refractivity contribution >= 4 is 18.2 Å². The Bertz CT molecular complexity index is 517. The highest BCUT2D eigenvalue weighted by Gasteiger charge is 2.30. The quantitative estimate of drug-likeness (QED) is 0.703. The van der Waals surface area contributed by atoms with Gasteiger partial charge in [0.15, 0.2) is 11.6 Å². The van der Waals surface area contributed by atoms with Crippen molar-refractivity contribution in [3.05, 3.63) is 35.9 Å². The van der Waals surface area contributed by atoms with E-state index in [4.69, 9.17) is 15.5 Å². The number of hydrogen-bond donors (Lipinski definition) is 3. The minimum Gasteiger partial charge on any atom is -0.381 e. The van der Waals surface area contributed by atoms with Crippen LogP contribution in [0.2, 0.25) is 0 Å². The van der Waals surface area contributed by atoms with Crippen LogP contribution in [0.15, 0.2) is 34.9 Å². The molecule has 1 aromatic heterocycles. The Morgan fingerprint density at radius 2 is 1.79 bits per heavy atom. The van der Waals surface area contributed by atoms with Gasteiger partial charge in [0, 0.05) is 11.6 Å². The van der Waals surface area contributed by atoms with Crippen LogP contribution in [0.25, 0.3) is 11.3 Å². The highest BCUT2D eigenvalue weighted by Crippen LogP contribution is 2.32. The second-order valence-electron chi connectivity index (χ2n) is 3.19. The molecule has 0 amide bonds. The maximum absolute atomic E-state index is 12.4. The van der Waals surface area contributed by atoms with Gasteiger partial charge in [-0.25, -0.2) is 5.90 Å². The zero-order valence-corrected chi connectivity index (χ0v) is 10.2. The molecule has 0 aliphatic carbocycles. The van der Waals surface area contributed by atoms with Gasteiger partial charge in [-0.05, 0) is 12.1 Å². The molecule has 0 saturated heterocycles. The lowest BCUT2D eigenvalue weighted by Gasteiger charge is -2.06. The molecular formula is C10H11ClF3N3O2. The third-order valence-corrected chi connectivity index (χ3v) is 2.00. The summed E-state index contributed by atoms with van der Waals surface area (Å²) in [6, 6.07) is 6.14. The molecule has 19 heavy (non-hydrogen) atoms. The Balaban J connectivity index is 0.00000103. The summed E-state index contributed by atoms with van der Waals surface area (Å²) in [5.74, 6) is 3.84. The van der Waals surface area contributed by atoms with E-state index in [1.165, 1.54) is 18.2 Å². The smallest absolute Gasteiger partial charge is 0.381 e. The Hall–Kier alpha value is -1.77. The Morgan fingerprint density at radius 1 is 1.16 bits per heavy atom. The molecular weight excluding hydrogens is 287 g/mol. The number of alkyl halides is 3. The van der Waals surface area contributed by atoms with Gasteiger partial charge in [-0.1, -0.05) is 17.3 Å². The van der Waals surface area contributed by atoms with E-state index in [1.807, 2.05) is 0 Å². The van der Waals surface area contributed by atoms with Gasteiger partial charge in [0.1, 0.15) is 0 Å². The zero-order chi connectivity index (χ0) is 13.8. The van der Waals surface area contributed by atoms with Crippen LogP contribution in [0.3, 0.4) is 0 Å². The first-order valence-corrected chi connectivity index (χ1v) is 4.62. The molecule has 0 aliphatic heterocycles. The molecule has 106 valence electrons. The van der Waals surface area contributed by atoms with Crippen LogP contribution in [-0.4, -0.2) is 10.4 Å². The maximum Gasteiger partial charge on any atom is 0.416 e. The highest BCUT2D eigenvalue weighted by atomic mass is 35.5. The van der Waals surface area contributed by atoms with Gasteiger partial charge in [-0.3, -0.25) is 0 Å². The number of nitrogen functional groups attached to an aromatic ring is 1. The number of nitrogens with two attached hydrogens (primary N) is 2. The minimum absolute atomic E-state index is 0. The van der Waals surface area contributed by atoms with Crippen LogP contribution in [0.1, 0.15) is 5.56 Å². The van der Waals surface area contributed by atoms with Crippen LogP contribution < -0.4 is 11.6 Å².